The molecule has 0 aliphatic carbocycles. The second kappa shape index (κ2) is 9.27. The number of nitrogen functional groups attached to an aromatic ring is 1. The third-order valence-corrected chi connectivity index (χ3v) is 4.04. The van der Waals surface area contributed by atoms with Crippen LogP contribution >= 0.6 is 0 Å². The second-order valence-electron chi connectivity index (χ2n) is 6.19. The lowest BCUT2D eigenvalue weighted by atomic mass is 10.1. The predicted octanol–water partition coefficient (Wildman–Crippen LogP) is 3.38. The number of nitrogens with two attached hydrogens (primary N) is 1. The summed E-state index contributed by atoms with van der Waals surface area (Å²) in [5, 5.41) is 5.34. The fraction of sp³-hybridized carbons (Fsp3) is 0.0455. The zero-order valence-corrected chi connectivity index (χ0v) is 15.4. The molecule has 0 saturated carbocycles. The van der Waals surface area contributed by atoms with Crippen molar-refractivity contribution in [2.75, 3.05) is 11.1 Å². The first-order chi connectivity index (χ1) is 14.0. The molecule has 1 heterocycles. The van der Waals surface area contributed by atoms with Crippen LogP contribution in [0.5, 0.6) is 0 Å². The number of nitrogens with zero attached hydrogens (tertiary/aromatic N) is 1. The highest BCUT2D eigenvalue weighted by atomic mass is 19.1. The van der Waals surface area contributed by atoms with Gasteiger partial charge in [-0.3, -0.25) is 14.6 Å². The predicted molar refractivity (Wildman–Crippen MR) is 110 cm³/mol. The van der Waals surface area contributed by atoms with E-state index >= 15 is 0 Å². The van der Waals surface area contributed by atoms with E-state index in [0.717, 1.165) is 11.6 Å². The number of halogens is 1. The first-order valence-electron chi connectivity index (χ1n) is 8.83. The number of rotatable bonds is 6. The van der Waals surface area contributed by atoms with Gasteiger partial charge in [-0.2, -0.15) is 0 Å². The Morgan fingerprint density at radius 1 is 1.07 bits per heavy atom. The summed E-state index contributed by atoms with van der Waals surface area (Å²) in [5.74, 6) is -1.15. The van der Waals surface area contributed by atoms with Crippen molar-refractivity contribution in [2.45, 2.75) is 6.54 Å². The molecule has 2 aromatic carbocycles. The summed E-state index contributed by atoms with van der Waals surface area (Å²) in [5.41, 5.74) is 8.13. The lowest BCUT2D eigenvalue weighted by Crippen LogP contribution is -2.20. The molecule has 6 nitrogen and oxygen atoms in total. The molecule has 0 unspecified atom stereocenters. The van der Waals surface area contributed by atoms with Crippen molar-refractivity contribution >= 4 is 29.3 Å². The topological polar surface area (TPSA) is 97.1 Å². The largest absolute Gasteiger partial charge is 0.397 e. The van der Waals surface area contributed by atoms with Crippen molar-refractivity contribution < 1.29 is 14.0 Å². The van der Waals surface area contributed by atoms with Gasteiger partial charge in [-0.15, -0.1) is 0 Å². The molecule has 146 valence electrons. The molecule has 29 heavy (non-hydrogen) atoms. The van der Waals surface area contributed by atoms with Crippen LogP contribution in [0.2, 0.25) is 0 Å². The van der Waals surface area contributed by atoms with Crippen LogP contribution in [0.15, 0.2) is 72.9 Å². The van der Waals surface area contributed by atoms with Gasteiger partial charge in [-0.1, -0.05) is 18.2 Å². The molecule has 1 aromatic heterocycles. The minimum Gasteiger partial charge on any atom is -0.397 e. The van der Waals surface area contributed by atoms with Crippen molar-refractivity contribution in [1.29, 1.82) is 0 Å². The highest BCUT2D eigenvalue weighted by Crippen LogP contribution is 2.20. The van der Waals surface area contributed by atoms with Gasteiger partial charge in [-0.05, 0) is 54.1 Å². The van der Waals surface area contributed by atoms with E-state index in [4.69, 9.17) is 5.73 Å². The zero-order chi connectivity index (χ0) is 20.6. The molecule has 4 N–H and O–H groups in total. The molecule has 0 radical (unpaired) electrons. The minimum absolute atomic E-state index is 0.214. The van der Waals surface area contributed by atoms with Crippen LogP contribution in [-0.2, 0) is 11.3 Å². The van der Waals surface area contributed by atoms with Crippen LogP contribution in [0.25, 0.3) is 6.08 Å². The van der Waals surface area contributed by atoms with Crippen LogP contribution < -0.4 is 16.4 Å². The number of carbonyl (C=O) groups is 2. The second-order valence-corrected chi connectivity index (χ2v) is 6.19. The number of pyridine rings is 1. The Bertz CT molecular complexity index is 1030. The van der Waals surface area contributed by atoms with Gasteiger partial charge >= 0.3 is 0 Å². The van der Waals surface area contributed by atoms with E-state index in [1.165, 1.54) is 18.2 Å². The Balaban J connectivity index is 1.54. The Hall–Kier alpha value is -4.00. The monoisotopic (exact) mass is 390 g/mol. The summed E-state index contributed by atoms with van der Waals surface area (Å²) in [4.78, 5) is 28.3. The van der Waals surface area contributed by atoms with Crippen LogP contribution in [0.3, 0.4) is 0 Å². The number of hydrogen-bond donors (Lipinski definition) is 3. The van der Waals surface area contributed by atoms with Crippen LogP contribution in [-0.4, -0.2) is 16.8 Å². The molecule has 0 aliphatic rings. The van der Waals surface area contributed by atoms with E-state index in [1.54, 1.807) is 48.7 Å². The third-order valence-electron chi connectivity index (χ3n) is 4.04. The zero-order valence-electron chi connectivity index (χ0n) is 15.4. The fourth-order valence-electron chi connectivity index (χ4n) is 2.49. The van der Waals surface area contributed by atoms with Crippen LogP contribution in [0.4, 0.5) is 15.8 Å². The van der Waals surface area contributed by atoms with Gasteiger partial charge in [0.15, 0.2) is 0 Å². The summed E-state index contributed by atoms with van der Waals surface area (Å²) in [6.07, 6.45) is 4.69. The molecule has 0 bridgehead atoms. The van der Waals surface area contributed by atoms with Gasteiger partial charge in [0.1, 0.15) is 5.82 Å². The smallest absolute Gasteiger partial charge is 0.255 e. The number of anilines is 2. The summed E-state index contributed by atoms with van der Waals surface area (Å²) in [7, 11) is 0. The number of amides is 2. The van der Waals surface area contributed by atoms with E-state index in [1.807, 2.05) is 6.07 Å². The van der Waals surface area contributed by atoms with E-state index in [9.17, 15) is 14.0 Å². The number of aromatic nitrogens is 1. The number of hydrogen-bond acceptors (Lipinski definition) is 4. The summed E-state index contributed by atoms with van der Waals surface area (Å²) < 4.78 is 13.3. The minimum atomic E-state index is -0.488. The Morgan fingerprint density at radius 3 is 2.59 bits per heavy atom. The lowest BCUT2D eigenvalue weighted by molar-refractivity contribution is -0.116. The van der Waals surface area contributed by atoms with E-state index in [0.29, 0.717) is 17.8 Å². The lowest BCUT2D eigenvalue weighted by Gasteiger charge is -2.09. The van der Waals surface area contributed by atoms with Gasteiger partial charge in [0, 0.05) is 24.4 Å². The number of nitrogens with one attached hydrogen (secondary N) is 2. The SMILES string of the molecule is Nc1ccc(F)cc1NC(=O)c1ccc(CNC(=O)C=Cc2ccccn2)cc1. The average Bonchev–Trinajstić information content (AvgIpc) is 2.74. The summed E-state index contributed by atoms with van der Waals surface area (Å²) >= 11 is 0. The van der Waals surface area contributed by atoms with E-state index < -0.39 is 11.7 Å². The van der Waals surface area contributed by atoms with E-state index in [-0.39, 0.29) is 17.3 Å². The average molecular weight is 390 g/mol. The summed E-state index contributed by atoms with van der Waals surface area (Å²) in [6.45, 7) is 0.310. The molecule has 3 rings (SSSR count). The van der Waals surface area contributed by atoms with Crippen molar-refractivity contribution in [3.63, 3.8) is 0 Å². The molecular formula is C22H19FN4O2. The maximum Gasteiger partial charge on any atom is 0.255 e. The molecule has 0 spiro atoms. The van der Waals surface area contributed by atoms with Crippen LogP contribution in [0, 0.1) is 5.82 Å². The van der Waals surface area contributed by atoms with Gasteiger partial charge < -0.3 is 16.4 Å². The molecule has 0 saturated heterocycles. The first kappa shape index (κ1) is 19.8. The normalized spacial score (nSPS) is 10.7. The standard InChI is InChI=1S/C22H19FN4O2/c23-17-8-10-19(24)20(13-17)27-22(29)16-6-4-15(5-7-16)14-26-21(28)11-9-18-3-1-2-12-25-18/h1-13H,14,24H2,(H,26,28)(H,27,29). The molecule has 0 aliphatic heterocycles. The Labute approximate surface area is 167 Å². The molecule has 2 amide bonds. The number of carbonyl (C=O) groups excluding carboxylic acids is 2. The highest BCUT2D eigenvalue weighted by Gasteiger charge is 2.09. The van der Waals surface area contributed by atoms with Gasteiger partial charge in [0.2, 0.25) is 5.91 Å². The van der Waals surface area contributed by atoms with Gasteiger partial charge in [0.05, 0.1) is 17.1 Å². The van der Waals surface area contributed by atoms with Crippen molar-refractivity contribution in [3.8, 4) is 0 Å². The first-order valence-corrected chi connectivity index (χ1v) is 8.83. The molecular weight excluding hydrogens is 371 g/mol. The van der Waals surface area contributed by atoms with E-state index in [2.05, 4.69) is 15.6 Å². The number of benzene rings is 2. The van der Waals surface area contributed by atoms with Crippen LogP contribution in [0.1, 0.15) is 21.6 Å². The molecule has 7 heteroatoms. The van der Waals surface area contributed by atoms with Gasteiger partial charge in [-0.25, -0.2) is 4.39 Å². The maximum atomic E-state index is 13.3. The Kier molecular flexibility index (Phi) is 6.32. The highest BCUT2D eigenvalue weighted by molar-refractivity contribution is 6.05. The molecule has 0 fully saturated rings. The van der Waals surface area contributed by atoms with Gasteiger partial charge in [0.25, 0.3) is 5.91 Å². The van der Waals surface area contributed by atoms with Crippen molar-refractivity contribution in [3.05, 3.63) is 95.6 Å². The summed E-state index contributed by atoms with van der Waals surface area (Å²) in [6, 6.07) is 15.9. The van der Waals surface area contributed by atoms with Crippen molar-refractivity contribution in [2.24, 2.45) is 0 Å². The molecule has 3 aromatic rings. The fourth-order valence-corrected chi connectivity index (χ4v) is 2.49. The Morgan fingerprint density at radius 2 is 1.86 bits per heavy atom. The molecule has 0 atom stereocenters. The quantitative estimate of drug-likeness (QED) is 0.444. The third kappa shape index (κ3) is 5.74. The van der Waals surface area contributed by atoms with Crippen molar-refractivity contribution in [1.82, 2.24) is 10.3 Å². The maximum absolute atomic E-state index is 13.3.